The summed E-state index contributed by atoms with van der Waals surface area (Å²) in [7, 11) is 0. The number of nitrogens with two attached hydrogens (primary N) is 1. The van der Waals surface area contributed by atoms with Crippen LogP contribution < -0.4 is 10.5 Å². The van der Waals surface area contributed by atoms with E-state index in [2.05, 4.69) is 4.98 Å². The zero-order chi connectivity index (χ0) is 11.4. The molecule has 0 aliphatic carbocycles. The molecular weight excluding hydrogens is 200 g/mol. The zero-order valence-electron chi connectivity index (χ0n) is 9.18. The Morgan fingerprint density at radius 3 is 2.81 bits per heavy atom. The van der Waals surface area contributed by atoms with E-state index in [-0.39, 0.29) is 0 Å². The van der Waals surface area contributed by atoms with E-state index in [1.165, 1.54) is 0 Å². The van der Waals surface area contributed by atoms with Crippen molar-refractivity contribution in [2.75, 3.05) is 5.73 Å². The largest absolute Gasteiger partial charge is 0.489 e. The van der Waals surface area contributed by atoms with Gasteiger partial charge >= 0.3 is 0 Å². The topological polar surface area (TPSA) is 48.1 Å². The number of pyridine rings is 1. The summed E-state index contributed by atoms with van der Waals surface area (Å²) in [5.74, 6) is 1.42. The second-order valence-electron chi connectivity index (χ2n) is 3.64. The van der Waals surface area contributed by atoms with Crippen LogP contribution in [0.1, 0.15) is 11.1 Å². The molecule has 0 unspecified atom stereocenters. The van der Waals surface area contributed by atoms with Gasteiger partial charge in [0.25, 0.3) is 0 Å². The number of rotatable bonds is 3. The van der Waals surface area contributed by atoms with Gasteiger partial charge in [-0.15, -0.1) is 0 Å². The molecule has 2 aromatic rings. The molecule has 2 N–H and O–H groups in total. The van der Waals surface area contributed by atoms with Gasteiger partial charge in [0.1, 0.15) is 18.2 Å². The molecule has 0 spiro atoms. The first-order valence-corrected chi connectivity index (χ1v) is 5.14. The molecule has 0 aliphatic rings. The van der Waals surface area contributed by atoms with Crippen LogP contribution in [-0.4, -0.2) is 4.98 Å². The second-order valence-corrected chi connectivity index (χ2v) is 3.64. The normalized spacial score (nSPS) is 10.1. The van der Waals surface area contributed by atoms with E-state index in [0.717, 1.165) is 16.9 Å². The van der Waals surface area contributed by atoms with Gasteiger partial charge in [-0.2, -0.15) is 0 Å². The van der Waals surface area contributed by atoms with E-state index < -0.39 is 0 Å². The summed E-state index contributed by atoms with van der Waals surface area (Å²) in [6.45, 7) is 2.54. The minimum Gasteiger partial charge on any atom is -0.489 e. The quantitative estimate of drug-likeness (QED) is 0.854. The van der Waals surface area contributed by atoms with Crippen molar-refractivity contribution in [3.63, 3.8) is 0 Å². The Morgan fingerprint density at radius 2 is 2.06 bits per heavy atom. The predicted molar refractivity (Wildman–Crippen MR) is 64.2 cm³/mol. The van der Waals surface area contributed by atoms with Gasteiger partial charge < -0.3 is 10.5 Å². The number of ether oxygens (including phenoxy) is 1. The smallest absolute Gasteiger partial charge is 0.123 e. The average Bonchev–Trinajstić information content (AvgIpc) is 2.28. The van der Waals surface area contributed by atoms with Crippen LogP contribution in [0.25, 0.3) is 0 Å². The van der Waals surface area contributed by atoms with Crippen molar-refractivity contribution in [1.29, 1.82) is 0 Å². The maximum Gasteiger partial charge on any atom is 0.123 e. The van der Waals surface area contributed by atoms with Gasteiger partial charge in [0.05, 0.1) is 0 Å². The highest BCUT2D eigenvalue weighted by Gasteiger charge is 1.99. The molecule has 3 heteroatoms. The number of aromatic nitrogens is 1. The highest BCUT2D eigenvalue weighted by Crippen LogP contribution is 2.17. The summed E-state index contributed by atoms with van der Waals surface area (Å²) in [6.07, 6.45) is 1.69. The minimum atomic E-state index is 0.511. The van der Waals surface area contributed by atoms with Gasteiger partial charge in [-0.05, 0) is 36.2 Å². The fourth-order valence-corrected chi connectivity index (χ4v) is 1.46. The molecule has 0 radical (unpaired) electrons. The predicted octanol–water partition coefficient (Wildman–Crippen LogP) is 2.55. The van der Waals surface area contributed by atoms with Crippen molar-refractivity contribution >= 4 is 5.82 Å². The number of hydrogen-bond donors (Lipinski definition) is 1. The molecule has 0 amide bonds. The van der Waals surface area contributed by atoms with Crippen molar-refractivity contribution < 1.29 is 4.74 Å². The Balaban J connectivity index is 2.05. The van der Waals surface area contributed by atoms with E-state index in [1.54, 1.807) is 6.20 Å². The van der Waals surface area contributed by atoms with E-state index in [1.807, 2.05) is 43.3 Å². The molecule has 16 heavy (non-hydrogen) atoms. The van der Waals surface area contributed by atoms with Gasteiger partial charge in [-0.3, -0.25) is 0 Å². The molecule has 82 valence electrons. The first kappa shape index (κ1) is 10.5. The maximum atomic E-state index is 5.69. The molecule has 1 aromatic heterocycles. The summed E-state index contributed by atoms with van der Waals surface area (Å²) >= 11 is 0. The third kappa shape index (κ3) is 2.51. The number of para-hydroxylation sites is 1. The average molecular weight is 214 g/mol. The van der Waals surface area contributed by atoms with Gasteiger partial charge in [-0.1, -0.05) is 18.2 Å². The van der Waals surface area contributed by atoms with Crippen molar-refractivity contribution in [2.24, 2.45) is 0 Å². The Morgan fingerprint density at radius 1 is 1.25 bits per heavy atom. The van der Waals surface area contributed by atoms with Crippen LogP contribution in [-0.2, 0) is 6.61 Å². The molecule has 3 nitrogen and oxygen atoms in total. The van der Waals surface area contributed by atoms with Gasteiger partial charge in [0.2, 0.25) is 0 Å². The molecule has 0 aliphatic heterocycles. The van der Waals surface area contributed by atoms with Crippen LogP contribution in [0.5, 0.6) is 5.75 Å². The van der Waals surface area contributed by atoms with Crippen LogP contribution in [0, 0.1) is 6.92 Å². The molecule has 2 rings (SSSR count). The van der Waals surface area contributed by atoms with Crippen molar-refractivity contribution in [3.05, 3.63) is 53.7 Å². The third-order valence-corrected chi connectivity index (χ3v) is 2.33. The highest BCUT2D eigenvalue weighted by molar-refractivity contribution is 5.34. The van der Waals surface area contributed by atoms with Crippen molar-refractivity contribution in [1.82, 2.24) is 4.98 Å². The molecular formula is C13H14N2O. The molecule has 1 heterocycles. The Kier molecular flexibility index (Phi) is 3.05. The van der Waals surface area contributed by atoms with E-state index >= 15 is 0 Å². The van der Waals surface area contributed by atoms with Crippen LogP contribution in [0.3, 0.4) is 0 Å². The van der Waals surface area contributed by atoms with E-state index in [0.29, 0.717) is 12.4 Å². The van der Waals surface area contributed by atoms with Crippen LogP contribution in [0.4, 0.5) is 5.82 Å². The Hall–Kier alpha value is -2.03. The SMILES string of the molecule is Cc1ccccc1OCc1ccnc(N)c1. The fraction of sp³-hybridized carbons (Fsp3) is 0.154. The van der Waals surface area contributed by atoms with Gasteiger partial charge in [-0.25, -0.2) is 4.98 Å². The summed E-state index contributed by atoms with van der Waals surface area (Å²) < 4.78 is 5.69. The molecule has 0 bridgehead atoms. The van der Waals surface area contributed by atoms with Crippen molar-refractivity contribution in [2.45, 2.75) is 13.5 Å². The lowest BCUT2D eigenvalue weighted by molar-refractivity contribution is 0.304. The summed E-state index contributed by atoms with van der Waals surface area (Å²) in [5, 5.41) is 0. The number of nitrogen functional groups attached to an aromatic ring is 1. The Labute approximate surface area is 94.9 Å². The lowest BCUT2D eigenvalue weighted by Gasteiger charge is -2.08. The number of nitrogens with zero attached hydrogens (tertiary/aromatic N) is 1. The highest BCUT2D eigenvalue weighted by atomic mass is 16.5. The third-order valence-electron chi connectivity index (χ3n) is 2.33. The summed E-state index contributed by atoms with van der Waals surface area (Å²) in [5.41, 5.74) is 7.74. The minimum absolute atomic E-state index is 0.511. The van der Waals surface area contributed by atoms with Crippen molar-refractivity contribution in [3.8, 4) is 5.75 Å². The Bertz CT molecular complexity index is 483. The zero-order valence-corrected chi connectivity index (χ0v) is 9.18. The number of aryl methyl sites for hydroxylation is 1. The lowest BCUT2D eigenvalue weighted by Crippen LogP contribution is -1.98. The number of benzene rings is 1. The monoisotopic (exact) mass is 214 g/mol. The number of anilines is 1. The van der Waals surface area contributed by atoms with Gasteiger partial charge in [0, 0.05) is 6.20 Å². The van der Waals surface area contributed by atoms with E-state index in [9.17, 15) is 0 Å². The maximum absolute atomic E-state index is 5.69. The summed E-state index contributed by atoms with van der Waals surface area (Å²) in [6, 6.07) is 11.7. The van der Waals surface area contributed by atoms with E-state index in [4.69, 9.17) is 10.5 Å². The first-order valence-electron chi connectivity index (χ1n) is 5.14. The van der Waals surface area contributed by atoms with Crippen LogP contribution >= 0.6 is 0 Å². The standard InChI is InChI=1S/C13H14N2O/c1-10-4-2-3-5-12(10)16-9-11-6-7-15-13(14)8-11/h2-8H,9H2,1H3,(H2,14,15). The second kappa shape index (κ2) is 4.66. The number of hydrogen-bond acceptors (Lipinski definition) is 3. The van der Waals surface area contributed by atoms with Gasteiger partial charge in [0.15, 0.2) is 0 Å². The molecule has 0 fully saturated rings. The lowest BCUT2D eigenvalue weighted by atomic mass is 10.2. The molecule has 0 saturated carbocycles. The molecule has 0 atom stereocenters. The summed E-state index contributed by atoms with van der Waals surface area (Å²) in [4.78, 5) is 3.93. The van der Waals surface area contributed by atoms with Crippen LogP contribution in [0.2, 0.25) is 0 Å². The fourth-order valence-electron chi connectivity index (χ4n) is 1.46. The molecule has 1 aromatic carbocycles. The van der Waals surface area contributed by atoms with Crippen LogP contribution in [0.15, 0.2) is 42.6 Å². The molecule has 0 saturated heterocycles. The first-order chi connectivity index (χ1) is 7.75.